The van der Waals surface area contributed by atoms with E-state index in [4.69, 9.17) is 10.6 Å². The Kier molecular flexibility index (Phi) is 4.03. The number of aliphatic hydroxyl groups excluding tert-OH is 1. The molecule has 1 aromatic heterocycles. The molecule has 0 bridgehead atoms. The van der Waals surface area contributed by atoms with E-state index in [1.54, 1.807) is 24.3 Å². The highest BCUT2D eigenvalue weighted by molar-refractivity contribution is 5.61. The SMILES string of the molecule is NNc1ncnc(Oc2ccccc2CO)c1[N+](=O)[O-]. The number of aromatic nitrogens is 2. The molecule has 2 aromatic rings. The monoisotopic (exact) mass is 277 g/mol. The van der Waals surface area contributed by atoms with E-state index in [1.165, 1.54) is 0 Å². The first-order valence-corrected chi connectivity index (χ1v) is 5.50. The molecule has 0 amide bonds. The molecule has 1 heterocycles. The molecule has 0 spiro atoms. The minimum absolute atomic E-state index is 0.165. The van der Waals surface area contributed by atoms with Crippen LogP contribution in [0.3, 0.4) is 0 Å². The van der Waals surface area contributed by atoms with Crippen LogP contribution in [0.4, 0.5) is 11.5 Å². The number of nitrogens with two attached hydrogens (primary N) is 1. The Labute approximate surface area is 113 Å². The fourth-order valence-electron chi connectivity index (χ4n) is 1.55. The predicted octanol–water partition coefficient (Wildman–Crippen LogP) is 0.955. The van der Waals surface area contributed by atoms with Crippen molar-refractivity contribution in [1.29, 1.82) is 0 Å². The highest BCUT2D eigenvalue weighted by Crippen LogP contribution is 2.34. The molecule has 0 saturated carbocycles. The fourth-order valence-corrected chi connectivity index (χ4v) is 1.55. The largest absolute Gasteiger partial charge is 0.433 e. The number of aliphatic hydroxyl groups is 1. The van der Waals surface area contributed by atoms with Gasteiger partial charge in [-0.1, -0.05) is 18.2 Å². The molecule has 4 N–H and O–H groups in total. The molecule has 0 fully saturated rings. The Bertz CT molecular complexity index is 634. The van der Waals surface area contributed by atoms with Crippen LogP contribution in [-0.4, -0.2) is 20.0 Å². The predicted molar refractivity (Wildman–Crippen MR) is 68.9 cm³/mol. The number of para-hydroxylation sites is 1. The van der Waals surface area contributed by atoms with Gasteiger partial charge in [-0.15, -0.1) is 0 Å². The van der Waals surface area contributed by atoms with Crippen molar-refractivity contribution in [3.63, 3.8) is 0 Å². The zero-order valence-electron chi connectivity index (χ0n) is 10.2. The van der Waals surface area contributed by atoms with Gasteiger partial charge in [0.15, 0.2) is 0 Å². The molecule has 0 aliphatic rings. The van der Waals surface area contributed by atoms with Gasteiger partial charge < -0.3 is 15.3 Å². The van der Waals surface area contributed by atoms with Gasteiger partial charge in [-0.2, -0.15) is 4.98 Å². The average Bonchev–Trinajstić information content (AvgIpc) is 2.47. The van der Waals surface area contributed by atoms with Crippen LogP contribution in [0.2, 0.25) is 0 Å². The summed E-state index contributed by atoms with van der Waals surface area (Å²) in [6, 6.07) is 6.57. The van der Waals surface area contributed by atoms with Crippen molar-refractivity contribution in [2.24, 2.45) is 5.84 Å². The van der Waals surface area contributed by atoms with Crippen molar-refractivity contribution in [3.05, 3.63) is 46.3 Å². The summed E-state index contributed by atoms with van der Waals surface area (Å²) in [4.78, 5) is 17.7. The number of nitrogens with zero attached hydrogens (tertiary/aromatic N) is 3. The van der Waals surface area contributed by atoms with Crippen molar-refractivity contribution in [2.75, 3.05) is 5.43 Å². The van der Waals surface area contributed by atoms with Crippen LogP contribution in [0, 0.1) is 10.1 Å². The third-order valence-corrected chi connectivity index (χ3v) is 2.46. The molecule has 0 aliphatic carbocycles. The zero-order chi connectivity index (χ0) is 14.5. The number of benzene rings is 1. The Morgan fingerprint density at radius 2 is 2.15 bits per heavy atom. The van der Waals surface area contributed by atoms with Crippen molar-refractivity contribution < 1.29 is 14.8 Å². The van der Waals surface area contributed by atoms with Gasteiger partial charge in [-0.05, 0) is 6.07 Å². The number of rotatable bonds is 5. The van der Waals surface area contributed by atoms with Gasteiger partial charge in [0.05, 0.1) is 11.5 Å². The van der Waals surface area contributed by atoms with E-state index in [1.807, 2.05) is 0 Å². The lowest BCUT2D eigenvalue weighted by atomic mass is 10.2. The maximum Gasteiger partial charge on any atom is 0.374 e. The van der Waals surface area contributed by atoms with E-state index < -0.39 is 10.6 Å². The standard InChI is InChI=1S/C11H11N5O4/c12-15-10-9(16(18)19)11(14-6-13-10)20-8-4-2-1-3-7(8)5-17/h1-4,6,17H,5,12H2,(H,13,14,15). The number of nitrogen functional groups attached to an aromatic ring is 1. The van der Waals surface area contributed by atoms with Crippen LogP contribution in [0.1, 0.15) is 5.56 Å². The third kappa shape index (κ3) is 2.63. The van der Waals surface area contributed by atoms with Gasteiger partial charge in [0.25, 0.3) is 0 Å². The van der Waals surface area contributed by atoms with Crippen LogP contribution < -0.4 is 16.0 Å². The number of nitrogens with one attached hydrogen (secondary N) is 1. The number of ether oxygens (including phenoxy) is 1. The second-order valence-electron chi connectivity index (χ2n) is 3.65. The Hall–Kier alpha value is -2.78. The summed E-state index contributed by atoms with van der Waals surface area (Å²) in [7, 11) is 0. The van der Waals surface area contributed by atoms with Gasteiger partial charge >= 0.3 is 11.6 Å². The van der Waals surface area contributed by atoms with Gasteiger partial charge in [0.1, 0.15) is 12.1 Å². The van der Waals surface area contributed by atoms with Crippen LogP contribution in [-0.2, 0) is 6.61 Å². The molecule has 0 atom stereocenters. The smallest absolute Gasteiger partial charge is 0.374 e. The molecule has 9 heteroatoms. The topological polar surface area (TPSA) is 136 Å². The number of hydrazine groups is 1. The summed E-state index contributed by atoms with van der Waals surface area (Å²) >= 11 is 0. The first kappa shape index (κ1) is 13.6. The summed E-state index contributed by atoms with van der Waals surface area (Å²) in [5.41, 5.74) is 2.10. The van der Waals surface area contributed by atoms with Gasteiger partial charge in [-0.25, -0.2) is 10.8 Å². The average molecular weight is 277 g/mol. The van der Waals surface area contributed by atoms with E-state index >= 15 is 0 Å². The summed E-state index contributed by atoms with van der Waals surface area (Å²) in [6.07, 6.45) is 1.08. The quantitative estimate of drug-likeness (QED) is 0.417. The normalized spacial score (nSPS) is 10.1. The van der Waals surface area contributed by atoms with E-state index in [9.17, 15) is 15.2 Å². The molecule has 0 saturated heterocycles. The highest BCUT2D eigenvalue weighted by Gasteiger charge is 2.24. The molecule has 2 rings (SSSR count). The Morgan fingerprint density at radius 3 is 2.80 bits per heavy atom. The maximum atomic E-state index is 11.0. The van der Waals surface area contributed by atoms with E-state index in [0.717, 1.165) is 6.33 Å². The summed E-state index contributed by atoms with van der Waals surface area (Å²) in [5, 5.41) is 20.2. The van der Waals surface area contributed by atoms with Crippen molar-refractivity contribution in [2.45, 2.75) is 6.61 Å². The molecule has 104 valence electrons. The van der Waals surface area contributed by atoms with Crippen LogP contribution in [0.25, 0.3) is 0 Å². The Morgan fingerprint density at radius 1 is 1.40 bits per heavy atom. The number of anilines is 1. The molecule has 20 heavy (non-hydrogen) atoms. The lowest BCUT2D eigenvalue weighted by molar-refractivity contribution is -0.385. The van der Waals surface area contributed by atoms with Gasteiger partial charge in [0.2, 0.25) is 5.82 Å². The number of hydrogen-bond donors (Lipinski definition) is 3. The zero-order valence-corrected chi connectivity index (χ0v) is 10.2. The fraction of sp³-hybridized carbons (Fsp3) is 0.0909. The highest BCUT2D eigenvalue weighted by atomic mass is 16.6. The molecule has 9 nitrogen and oxygen atoms in total. The summed E-state index contributed by atoms with van der Waals surface area (Å²) < 4.78 is 5.39. The van der Waals surface area contributed by atoms with E-state index in [2.05, 4.69) is 15.4 Å². The second-order valence-corrected chi connectivity index (χ2v) is 3.65. The molecule has 1 aromatic carbocycles. The van der Waals surface area contributed by atoms with Crippen molar-refractivity contribution >= 4 is 11.5 Å². The molecule has 0 unspecified atom stereocenters. The first-order valence-electron chi connectivity index (χ1n) is 5.50. The molecule has 0 aliphatic heterocycles. The second kappa shape index (κ2) is 5.91. The summed E-state index contributed by atoms with van der Waals surface area (Å²) in [6.45, 7) is -0.267. The number of hydrogen-bond acceptors (Lipinski definition) is 8. The molecular formula is C11H11N5O4. The number of nitro groups is 1. The lowest BCUT2D eigenvalue weighted by Crippen LogP contribution is -2.12. The van der Waals surface area contributed by atoms with Crippen LogP contribution in [0.15, 0.2) is 30.6 Å². The van der Waals surface area contributed by atoms with Crippen molar-refractivity contribution in [3.8, 4) is 11.6 Å². The lowest BCUT2D eigenvalue weighted by Gasteiger charge is -2.09. The maximum absolute atomic E-state index is 11.0. The van der Waals surface area contributed by atoms with Crippen LogP contribution >= 0.6 is 0 Å². The van der Waals surface area contributed by atoms with Gasteiger partial charge in [-0.3, -0.25) is 10.1 Å². The third-order valence-electron chi connectivity index (χ3n) is 2.46. The summed E-state index contributed by atoms with van der Waals surface area (Å²) in [5.74, 6) is 5.00. The first-order chi connectivity index (χ1) is 9.67. The van der Waals surface area contributed by atoms with Crippen molar-refractivity contribution in [1.82, 2.24) is 9.97 Å². The minimum Gasteiger partial charge on any atom is -0.433 e. The van der Waals surface area contributed by atoms with E-state index in [-0.39, 0.29) is 24.1 Å². The van der Waals surface area contributed by atoms with E-state index in [0.29, 0.717) is 5.56 Å². The molecular weight excluding hydrogens is 266 g/mol. The Balaban J connectivity index is 2.46. The minimum atomic E-state index is -0.702. The van der Waals surface area contributed by atoms with Crippen LogP contribution in [0.5, 0.6) is 11.6 Å². The molecule has 0 radical (unpaired) electrons. The van der Waals surface area contributed by atoms with Gasteiger partial charge in [0, 0.05) is 5.56 Å².